The van der Waals surface area contributed by atoms with E-state index in [9.17, 15) is 14.7 Å². The predicted molar refractivity (Wildman–Crippen MR) is 53.5 cm³/mol. The number of carbonyl (C=O) groups is 2. The van der Waals surface area contributed by atoms with Crippen molar-refractivity contribution in [2.24, 2.45) is 11.7 Å². The van der Waals surface area contributed by atoms with E-state index in [1.807, 2.05) is 13.8 Å². The fourth-order valence-corrected chi connectivity index (χ4v) is 1.47. The van der Waals surface area contributed by atoms with Gasteiger partial charge in [-0.3, -0.25) is 9.59 Å². The number of rotatable bonds is 6. The average molecular weight is 201 g/mol. The van der Waals surface area contributed by atoms with Crippen molar-refractivity contribution in [2.45, 2.75) is 45.6 Å². The molecule has 0 radical (unpaired) electrons. The molecule has 0 heterocycles. The van der Waals surface area contributed by atoms with Crippen LogP contribution in [-0.2, 0) is 9.59 Å². The summed E-state index contributed by atoms with van der Waals surface area (Å²) < 4.78 is 0. The molecule has 0 saturated carbocycles. The summed E-state index contributed by atoms with van der Waals surface area (Å²) in [7, 11) is 0. The summed E-state index contributed by atoms with van der Waals surface area (Å²) in [4.78, 5) is 22.7. The topological polar surface area (TPSA) is 80.4 Å². The van der Waals surface area contributed by atoms with E-state index < -0.39 is 17.3 Å². The molecule has 0 fully saturated rings. The minimum absolute atomic E-state index is 0.0394. The number of carbonyl (C=O) groups excluding carboxylic acids is 2. The Bertz CT molecular complexity index is 223. The van der Waals surface area contributed by atoms with Crippen LogP contribution in [0.3, 0.4) is 0 Å². The van der Waals surface area contributed by atoms with Gasteiger partial charge in [0, 0.05) is 5.92 Å². The molecule has 1 unspecified atom stereocenters. The number of amides is 1. The molecule has 0 aromatic heterocycles. The molecule has 0 aromatic rings. The van der Waals surface area contributed by atoms with Gasteiger partial charge in [-0.15, -0.1) is 0 Å². The van der Waals surface area contributed by atoms with Gasteiger partial charge >= 0.3 is 0 Å². The van der Waals surface area contributed by atoms with Crippen LogP contribution in [-0.4, -0.2) is 22.4 Å². The van der Waals surface area contributed by atoms with E-state index in [1.54, 1.807) is 6.92 Å². The fourth-order valence-electron chi connectivity index (χ4n) is 1.47. The molecule has 1 amide bonds. The van der Waals surface area contributed by atoms with Crippen molar-refractivity contribution >= 4 is 11.7 Å². The molecular weight excluding hydrogens is 182 g/mol. The van der Waals surface area contributed by atoms with Crippen LogP contribution in [0.25, 0.3) is 0 Å². The van der Waals surface area contributed by atoms with Gasteiger partial charge in [0.1, 0.15) is 0 Å². The van der Waals surface area contributed by atoms with Crippen molar-refractivity contribution < 1.29 is 14.7 Å². The first kappa shape index (κ1) is 13.1. The number of aliphatic hydroxyl groups is 1. The molecule has 82 valence electrons. The molecular formula is C10H19NO3. The second-order valence-electron chi connectivity index (χ2n) is 3.46. The summed E-state index contributed by atoms with van der Waals surface area (Å²) >= 11 is 0. The van der Waals surface area contributed by atoms with E-state index in [0.717, 1.165) is 0 Å². The molecule has 3 N–H and O–H groups in total. The Morgan fingerprint density at radius 2 is 1.71 bits per heavy atom. The van der Waals surface area contributed by atoms with Gasteiger partial charge in [0.05, 0.1) is 0 Å². The lowest BCUT2D eigenvalue weighted by Gasteiger charge is -2.25. The molecule has 0 aliphatic heterocycles. The lowest BCUT2D eigenvalue weighted by molar-refractivity contribution is -0.153. The second kappa shape index (κ2) is 5.10. The molecule has 0 saturated heterocycles. The van der Waals surface area contributed by atoms with Crippen molar-refractivity contribution in [3.8, 4) is 0 Å². The number of hydrogen-bond donors (Lipinski definition) is 2. The second-order valence-corrected chi connectivity index (χ2v) is 3.46. The third-order valence-corrected chi connectivity index (χ3v) is 2.68. The number of ketones is 1. The first-order chi connectivity index (χ1) is 6.43. The zero-order chi connectivity index (χ0) is 11.4. The highest BCUT2D eigenvalue weighted by Gasteiger charge is 2.42. The highest BCUT2D eigenvalue weighted by Crippen LogP contribution is 2.20. The Morgan fingerprint density at radius 1 is 1.29 bits per heavy atom. The standard InChI is InChI=1S/C10H19NO3/c1-4-7(5-2)8(12)10(14,6-3)9(11)13/h7,14H,4-6H2,1-3H3,(H2,11,13). The maximum Gasteiger partial charge on any atom is 0.257 e. The zero-order valence-corrected chi connectivity index (χ0v) is 9.04. The fraction of sp³-hybridized carbons (Fsp3) is 0.800. The quantitative estimate of drug-likeness (QED) is 0.618. The van der Waals surface area contributed by atoms with Crippen LogP contribution >= 0.6 is 0 Å². The lowest BCUT2D eigenvalue weighted by Crippen LogP contribution is -2.52. The highest BCUT2D eigenvalue weighted by molar-refractivity contribution is 6.09. The minimum atomic E-state index is -1.98. The Kier molecular flexibility index (Phi) is 4.77. The maximum atomic E-state index is 11.7. The van der Waals surface area contributed by atoms with Gasteiger partial charge in [0.2, 0.25) is 5.60 Å². The number of primary amides is 1. The van der Waals surface area contributed by atoms with Crippen LogP contribution in [0, 0.1) is 5.92 Å². The molecule has 0 aliphatic carbocycles. The van der Waals surface area contributed by atoms with Gasteiger partial charge in [-0.05, 0) is 19.3 Å². The van der Waals surface area contributed by atoms with E-state index in [1.165, 1.54) is 0 Å². The number of Topliss-reactive ketones (excluding diaryl/α,β-unsaturated/α-hetero) is 1. The molecule has 0 aromatic carbocycles. The molecule has 0 rings (SSSR count). The van der Waals surface area contributed by atoms with Crippen molar-refractivity contribution in [3.05, 3.63) is 0 Å². The molecule has 4 heteroatoms. The first-order valence-corrected chi connectivity index (χ1v) is 5.00. The van der Waals surface area contributed by atoms with Crippen LogP contribution in [0.1, 0.15) is 40.0 Å². The Hall–Kier alpha value is -0.900. The molecule has 14 heavy (non-hydrogen) atoms. The summed E-state index contributed by atoms with van der Waals surface area (Å²) in [6, 6.07) is 0. The minimum Gasteiger partial charge on any atom is -0.373 e. The highest BCUT2D eigenvalue weighted by atomic mass is 16.3. The Balaban J connectivity index is 4.86. The van der Waals surface area contributed by atoms with Gasteiger partial charge in [-0.2, -0.15) is 0 Å². The lowest BCUT2D eigenvalue weighted by atomic mass is 9.83. The van der Waals surface area contributed by atoms with E-state index in [4.69, 9.17) is 5.73 Å². The Morgan fingerprint density at radius 3 is 1.93 bits per heavy atom. The van der Waals surface area contributed by atoms with Gasteiger partial charge < -0.3 is 10.8 Å². The number of nitrogens with two attached hydrogens (primary N) is 1. The van der Waals surface area contributed by atoms with Crippen molar-refractivity contribution in [2.75, 3.05) is 0 Å². The summed E-state index contributed by atoms with van der Waals surface area (Å²) in [5.74, 6) is -1.68. The van der Waals surface area contributed by atoms with Gasteiger partial charge in [0.25, 0.3) is 5.91 Å². The molecule has 0 spiro atoms. The molecule has 4 nitrogen and oxygen atoms in total. The third kappa shape index (κ3) is 2.32. The number of hydrogen-bond acceptors (Lipinski definition) is 3. The van der Waals surface area contributed by atoms with Crippen LogP contribution in [0.15, 0.2) is 0 Å². The zero-order valence-electron chi connectivity index (χ0n) is 9.04. The molecule has 0 aliphatic rings. The van der Waals surface area contributed by atoms with E-state index in [2.05, 4.69) is 0 Å². The summed E-state index contributed by atoms with van der Waals surface area (Å²) in [6.45, 7) is 5.28. The van der Waals surface area contributed by atoms with Crippen molar-refractivity contribution in [1.82, 2.24) is 0 Å². The average Bonchev–Trinajstić information content (AvgIpc) is 2.17. The van der Waals surface area contributed by atoms with Gasteiger partial charge in [-0.1, -0.05) is 20.8 Å². The van der Waals surface area contributed by atoms with Crippen LogP contribution < -0.4 is 5.73 Å². The van der Waals surface area contributed by atoms with E-state index in [0.29, 0.717) is 12.8 Å². The molecule has 0 bridgehead atoms. The van der Waals surface area contributed by atoms with Crippen LogP contribution in [0.5, 0.6) is 0 Å². The van der Waals surface area contributed by atoms with Crippen molar-refractivity contribution in [3.63, 3.8) is 0 Å². The monoisotopic (exact) mass is 201 g/mol. The summed E-state index contributed by atoms with van der Waals surface area (Å²) in [6.07, 6.45) is 1.27. The predicted octanol–water partition coefficient (Wildman–Crippen LogP) is 0.618. The largest absolute Gasteiger partial charge is 0.373 e. The normalized spacial score (nSPS) is 15.2. The van der Waals surface area contributed by atoms with Gasteiger partial charge in [-0.25, -0.2) is 0 Å². The maximum absolute atomic E-state index is 11.7. The smallest absolute Gasteiger partial charge is 0.257 e. The summed E-state index contributed by atoms with van der Waals surface area (Å²) in [5.41, 5.74) is 3.04. The van der Waals surface area contributed by atoms with E-state index in [-0.39, 0.29) is 12.3 Å². The SMILES string of the molecule is CCC(CC)C(=O)C(O)(CC)C(N)=O. The first-order valence-electron chi connectivity index (χ1n) is 5.00. The Labute approximate surface area is 84.5 Å². The van der Waals surface area contributed by atoms with Gasteiger partial charge in [0.15, 0.2) is 5.78 Å². The van der Waals surface area contributed by atoms with Crippen LogP contribution in [0.4, 0.5) is 0 Å². The van der Waals surface area contributed by atoms with Crippen LogP contribution in [0.2, 0.25) is 0 Å². The third-order valence-electron chi connectivity index (χ3n) is 2.68. The van der Waals surface area contributed by atoms with E-state index >= 15 is 0 Å². The molecule has 1 atom stereocenters. The van der Waals surface area contributed by atoms with Crippen molar-refractivity contribution in [1.29, 1.82) is 0 Å². The summed E-state index contributed by atoms with van der Waals surface area (Å²) in [5, 5.41) is 9.77.